The zero-order valence-electron chi connectivity index (χ0n) is 9.81. The van der Waals surface area contributed by atoms with E-state index in [0.717, 1.165) is 13.0 Å². The molecule has 1 heterocycles. The zero-order valence-corrected chi connectivity index (χ0v) is 9.81. The number of aryl methyl sites for hydroxylation is 1. The molecule has 1 aromatic rings. The van der Waals surface area contributed by atoms with Crippen LogP contribution in [0.25, 0.3) is 0 Å². The van der Waals surface area contributed by atoms with Crippen LogP contribution >= 0.6 is 0 Å². The maximum atomic E-state index is 9.21. The summed E-state index contributed by atoms with van der Waals surface area (Å²) in [5, 5.41) is 9.21. The van der Waals surface area contributed by atoms with Crippen molar-refractivity contribution >= 4 is 0 Å². The van der Waals surface area contributed by atoms with E-state index in [1.54, 1.807) is 0 Å². The second-order valence-corrected chi connectivity index (χ2v) is 4.60. The highest BCUT2D eigenvalue weighted by molar-refractivity contribution is 5.14. The summed E-state index contributed by atoms with van der Waals surface area (Å²) < 4.78 is 0. The molecule has 2 nitrogen and oxygen atoms in total. The lowest BCUT2D eigenvalue weighted by atomic mass is 10.1. The zero-order chi connectivity index (χ0) is 11.2. The van der Waals surface area contributed by atoms with Crippen LogP contribution in [0.2, 0.25) is 0 Å². The fourth-order valence-corrected chi connectivity index (χ4v) is 2.53. The Kier molecular flexibility index (Phi) is 4.37. The fourth-order valence-electron chi connectivity index (χ4n) is 2.53. The van der Waals surface area contributed by atoms with Gasteiger partial charge in [0.05, 0.1) is 6.61 Å². The van der Waals surface area contributed by atoms with Crippen molar-refractivity contribution in [1.29, 1.82) is 0 Å². The lowest BCUT2D eigenvalue weighted by Crippen LogP contribution is -2.33. The van der Waals surface area contributed by atoms with Crippen molar-refractivity contribution < 1.29 is 5.11 Å². The molecular weight excluding hydrogens is 198 g/mol. The molecule has 0 saturated carbocycles. The van der Waals surface area contributed by atoms with Crippen LogP contribution in [-0.2, 0) is 6.42 Å². The first kappa shape index (κ1) is 11.6. The lowest BCUT2D eigenvalue weighted by molar-refractivity contribution is 0.158. The number of likely N-dealkylation sites (tertiary alicyclic amines) is 1. The van der Waals surface area contributed by atoms with Crippen molar-refractivity contribution in [1.82, 2.24) is 4.90 Å². The molecule has 0 spiro atoms. The summed E-state index contributed by atoms with van der Waals surface area (Å²) in [5.41, 5.74) is 1.42. The molecule has 1 aromatic carbocycles. The van der Waals surface area contributed by atoms with Gasteiger partial charge in [-0.05, 0) is 44.3 Å². The smallest absolute Gasteiger partial charge is 0.0586 e. The molecule has 2 heteroatoms. The Bertz CT molecular complexity index is 299. The first-order valence-electron chi connectivity index (χ1n) is 6.29. The standard InChI is InChI=1S/C14H21NO/c16-12-14-9-5-11-15(14)10-4-8-13-6-2-1-3-7-13/h1-3,6-7,14,16H,4-5,8-12H2/t14-/m1/s1. The minimum atomic E-state index is 0.325. The maximum Gasteiger partial charge on any atom is 0.0586 e. The number of hydrogen-bond donors (Lipinski definition) is 1. The molecule has 0 bridgehead atoms. The molecule has 1 aliphatic rings. The molecule has 16 heavy (non-hydrogen) atoms. The van der Waals surface area contributed by atoms with Gasteiger partial charge in [-0.1, -0.05) is 30.3 Å². The van der Waals surface area contributed by atoms with E-state index in [9.17, 15) is 5.11 Å². The number of nitrogens with zero attached hydrogens (tertiary/aromatic N) is 1. The van der Waals surface area contributed by atoms with E-state index >= 15 is 0 Å². The van der Waals surface area contributed by atoms with Gasteiger partial charge >= 0.3 is 0 Å². The van der Waals surface area contributed by atoms with E-state index in [1.165, 1.54) is 31.4 Å². The Hall–Kier alpha value is -0.860. The molecule has 0 unspecified atom stereocenters. The van der Waals surface area contributed by atoms with Crippen LogP contribution in [0.5, 0.6) is 0 Å². The van der Waals surface area contributed by atoms with Crippen LogP contribution < -0.4 is 0 Å². The van der Waals surface area contributed by atoms with Crippen molar-refractivity contribution in [2.75, 3.05) is 19.7 Å². The average molecular weight is 219 g/mol. The minimum absolute atomic E-state index is 0.325. The van der Waals surface area contributed by atoms with Crippen LogP contribution in [0.3, 0.4) is 0 Å². The second-order valence-electron chi connectivity index (χ2n) is 4.60. The summed E-state index contributed by atoms with van der Waals surface area (Å²) in [7, 11) is 0. The third kappa shape index (κ3) is 3.06. The molecule has 1 N–H and O–H groups in total. The summed E-state index contributed by atoms with van der Waals surface area (Å²) >= 11 is 0. The Balaban J connectivity index is 1.72. The number of aliphatic hydroxyl groups is 1. The summed E-state index contributed by atoms with van der Waals surface area (Å²) in [6.07, 6.45) is 4.76. The fraction of sp³-hybridized carbons (Fsp3) is 0.571. The maximum absolute atomic E-state index is 9.21. The highest BCUT2D eigenvalue weighted by Crippen LogP contribution is 2.17. The van der Waals surface area contributed by atoms with Gasteiger partial charge in [0.15, 0.2) is 0 Å². The minimum Gasteiger partial charge on any atom is -0.395 e. The third-order valence-corrected chi connectivity index (χ3v) is 3.46. The largest absolute Gasteiger partial charge is 0.395 e. The second kappa shape index (κ2) is 6.02. The summed E-state index contributed by atoms with van der Waals surface area (Å²) in [4.78, 5) is 2.43. The first-order valence-corrected chi connectivity index (χ1v) is 6.29. The Morgan fingerprint density at radius 1 is 1.25 bits per heavy atom. The summed E-state index contributed by atoms with van der Waals surface area (Å²) in [6.45, 7) is 2.62. The van der Waals surface area contributed by atoms with Crippen LogP contribution in [0.4, 0.5) is 0 Å². The number of benzene rings is 1. The van der Waals surface area contributed by atoms with E-state index in [0.29, 0.717) is 12.6 Å². The number of hydrogen-bond acceptors (Lipinski definition) is 2. The molecule has 1 atom stereocenters. The molecular formula is C14H21NO. The van der Waals surface area contributed by atoms with Gasteiger partial charge in [-0.2, -0.15) is 0 Å². The van der Waals surface area contributed by atoms with E-state index in [1.807, 2.05) is 0 Å². The van der Waals surface area contributed by atoms with Crippen LogP contribution in [0, 0.1) is 0 Å². The van der Waals surface area contributed by atoms with E-state index in [2.05, 4.69) is 35.2 Å². The third-order valence-electron chi connectivity index (χ3n) is 3.46. The van der Waals surface area contributed by atoms with Gasteiger partial charge in [0, 0.05) is 6.04 Å². The SMILES string of the molecule is OC[C@H]1CCCN1CCCc1ccccc1. The molecule has 0 radical (unpaired) electrons. The number of aliphatic hydroxyl groups excluding tert-OH is 1. The van der Waals surface area contributed by atoms with Crippen molar-refractivity contribution in [3.8, 4) is 0 Å². The highest BCUT2D eigenvalue weighted by Gasteiger charge is 2.22. The van der Waals surface area contributed by atoms with Gasteiger partial charge in [0.2, 0.25) is 0 Å². The number of rotatable bonds is 5. The lowest BCUT2D eigenvalue weighted by Gasteiger charge is -2.22. The van der Waals surface area contributed by atoms with Crippen molar-refractivity contribution in [3.63, 3.8) is 0 Å². The van der Waals surface area contributed by atoms with Crippen molar-refractivity contribution in [3.05, 3.63) is 35.9 Å². The molecule has 88 valence electrons. The van der Waals surface area contributed by atoms with Gasteiger partial charge in [-0.15, -0.1) is 0 Å². The molecule has 2 rings (SSSR count). The van der Waals surface area contributed by atoms with E-state index < -0.39 is 0 Å². The van der Waals surface area contributed by atoms with Crippen LogP contribution in [0.15, 0.2) is 30.3 Å². The molecule has 0 amide bonds. The summed E-state index contributed by atoms with van der Waals surface area (Å²) in [5.74, 6) is 0. The van der Waals surface area contributed by atoms with Crippen molar-refractivity contribution in [2.45, 2.75) is 31.7 Å². The molecule has 1 saturated heterocycles. The quantitative estimate of drug-likeness (QED) is 0.819. The van der Waals surface area contributed by atoms with Crippen molar-refractivity contribution in [2.24, 2.45) is 0 Å². The topological polar surface area (TPSA) is 23.5 Å². The van der Waals surface area contributed by atoms with Crippen LogP contribution in [0.1, 0.15) is 24.8 Å². The molecule has 1 aliphatic heterocycles. The molecule has 0 aliphatic carbocycles. The van der Waals surface area contributed by atoms with Gasteiger partial charge in [-0.25, -0.2) is 0 Å². The normalized spacial score (nSPS) is 21.4. The van der Waals surface area contributed by atoms with Gasteiger partial charge in [0.25, 0.3) is 0 Å². The first-order chi connectivity index (χ1) is 7.90. The monoisotopic (exact) mass is 219 g/mol. The van der Waals surface area contributed by atoms with Crippen LogP contribution in [-0.4, -0.2) is 35.7 Å². The van der Waals surface area contributed by atoms with Gasteiger partial charge in [-0.3, -0.25) is 4.90 Å². The molecule has 1 fully saturated rings. The van der Waals surface area contributed by atoms with Gasteiger partial charge in [0.1, 0.15) is 0 Å². The Morgan fingerprint density at radius 3 is 2.81 bits per heavy atom. The Labute approximate surface area is 97.9 Å². The van der Waals surface area contributed by atoms with Gasteiger partial charge < -0.3 is 5.11 Å². The summed E-state index contributed by atoms with van der Waals surface area (Å²) in [6, 6.07) is 11.1. The Morgan fingerprint density at radius 2 is 2.06 bits per heavy atom. The highest BCUT2D eigenvalue weighted by atomic mass is 16.3. The predicted octanol–water partition coefficient (Wildman–Crippen LogP) is 2.08. The molecule has 0 aromatic heterocycles. The van der Waals surface area contributed by atoms with E-state index in [4.69, 9.17) is 0 Å². The average Bonchev–Trinajstić information content (AvgIpc) is 2.78. The predicted molar refractivity (Wildman–Crippen MR) is 66.4 cm³/mol. The van der Waals surface area contributed by atoms with E-state index in [-0.39, 0.29) is 0 Å².